The SMILES string of the molecule is Cc1cc([N+](=O)[O-])cc2c1CCNC2. The van der Waals surface area contributed by atoms with E-state index in [0.717, 1.165) is 30.6 Å². The summed E-state index contributed by atoms with van der Waals surface area (Å²) in [5.74, 6) is 0. The van der Waals surface area contributed by atoms with E-state index < -0.39 is 0 Å². The van der Waals surface area contributed by atoms with Gasteiger partial charge in [0.2, 0.25) is 0 Å². The lowest BCUT2D eigenvalue weighted by Gasteiger charge is -2.18. The normalized spacial score (nSPS) is 14.9. The van der Waals surface area contributed by atoms with Gasteiger partial charge in [-0.3, -0.25) is 10.1 Å². The first-order chi connectivity index (χ1) is 6.68. The molecule has 0 amide bonds. The second-order valence-corrected chi connectivity index (χ2v) is 3.58. The fourth-order valence-corrected chi connectivity index (χ4v) is 1.93. The van der Waals surface area contributed by atoms with E-state index in [9.17, 15) is 10.1 Å². The maximum absolute atomic E-state index is 10.6. The predicted octanol–water partition coefficient (Wildman–Crippen LogP) is 1.55. The van der Waals surface area contributed by atoms with Crippen molar-refractivity contribution >= 4 is 5.69 Å². The van der Waals surface area contributed by atoms with Crippen LogP contribution in [0, 0.1) is 17.0 Å². The van der Waals surface area contributed by atoms with Crippen molar-refractivity contribution in [2.45, 2.75) is 19.9 Å². The molecule has 1 N–H and O–H groups in total. The van der Waals surface area contributed by atoms with Crippen molar-refractivity contribution in [1.29, 1.82) is 0 Å². The highest BCUT2D eigenvalue weighted by molar-refractivity contribution is 5.46. The van der Waals surface area contributed by atoms with Gasteiger partial charge in [-0.15, -0.1) is 0 Å². The van der Waals surface area contributed by atoms with Crippen molar-refractivity contribution < 1.29 is 4.92 Å². The molecular weight excluding hydrogens is 180 g/mol. The number of fused-ring (bicyclic) bond motifs is 1. The van der Waals surface area contributed by atoms with Crippen LogP contribution in [-0.4, -0.2) is 11.5 Å². The Bertz CT molecular complexity index is 388. The van der Waals surface area contributed by atoms with Crippen molar-refractivity contribution in [2.24, 2.45) is 0 Å². The minimum atomic E-state index is -0.331. The zero-order chi connectivity index (χ0) is 10.1. The zero-order valence-corrected chi connectivity index (χ0v) is 8.04. The zero-order valence-electron chi connectivity index (χ0n) is 8.04. The first-order valence-electron chi connectivity index (χ1n) is 4.66. The van der Waals surface area contributed by atoms with E-state index in [0.29, 0.717) is 0 Å². The molecule has 1 aliphatic rings. The van der Waals surface area contributed by atoms with Crippen LogP contribution in [0.25, 0.3) is 0 Å². The van der Waals surface area contributed by atoms with Gasteiger partial charge < -0.3 is 5.32 Å². The number of nitrogens with one attached hydrogen (secondary N) is 1. The highest BCUT2D eigenvalue weighted by Gasteiger charge is 2.16. The summed E-state index contributed by atoms with van der Waals surface area (Å²) in [6, 6.07) is 3.33. The molecule has 0 aromatic heterocycles. The van der Waals surface area contributed by atoms with Gasteiger partial charge in [-0.2, -0.15) is 0 Å². The van der Waals surface area contributed by atoms with Gasteiger partial charge in [0.25, 0.3) is 5.69 Å². The van der Waals surface area contributed by atoms with Crippen LogP contribution >= 0.6 is 0 Å². The van der Waals surface area contributed by atoms with Gasteiger partial charge in [0.1, 0.15) is 0 Å². The van der Waals surface area contributed by atoms with Crippen LogP contribution in [0.15, 0.2) is 12.1 Å². The molecule has 0 unspecified atom stereocenters. The number of nitro benzene ring substituents is 1. The summed E-state index contributed by atoms with van der Waals surface area (Å²) in [6.07, 6.45) is 0.971. The van der Waals surface area contributed by atoms with Crippen LogP contribution in [0.3, 0.4) is 0 Å². The Morgan fingerprint density at radius 2 is 2.29 bits per heavy atom. The average molecular weight is 192 g/mol. The molecule has 1 aliphatic heterocycles. The van der Waals surface area contributed by atoms with Crippen molar-refractivity contribution in [2.75, 3.05) is 6.54 Å². The van der Waals surface area contributed by atoms with Crippen LogP contribution < -0.4 is 5.32 Å². The lowest BCUT2D eigenvalue weighted by atomic mass is 9.95. The van der Waals surface area contributed by atoms with E-state index in [-0.39, 0.29) is 10.6 Å². The van der Waals surface area contributed by atoms with E-state index in [1.54, 1.807) is 12.1 Å². The Balaban J connectivity index is 2.51. The van der Waals surface area contributed by atoms with Crippen LogP contribution in [0.5, 0.6) is 0 Å². The number of hydrogen-bond donors (Lipinski definition) is 1. The largest absolute Gasteiger partial charge is 0.312 e. The van der Waals surface area contributed by atoms with E-state index in [1.165, 1.54) is 5.56 Å². The quantitative estimate of drug-likeness (QED) is 0.542. The number of hydrogen-bond acceptors (Lipinski definition) is 3. The summed E-state index contributed by atoms with van der Waals surface area (Å²) in [4.78, 5) is 10.3. The maximum Gasteiger partial charge on any atom is 0.270 e. The Kier molecular flexibility index (Phi) is 2.21. The number of non-ortho nitro benzene ring substituents is 1. The molecule has 74 valence electrons. The molecule has 0 bridgehead atoms. The molecule has 0 atom stereocenters. The van der Waals surface area contributed by atoms with E-state index in [1.807, 2.05) is 6.92 Å². The van der Waals surface area contributed by atoms with Crippen molar-refractivity contribution in [1.82, 2.24) is 5.32 Å². The third-order valence-corrected chi connectivity index (χ3v) is 2.63. The standard InChI is InChI=1S/C10H12N2O2/c1-7-4-9(12(13)14)5-8-6-11-3-2-10(7)8/h4-5,11H,2-3,6H2,1H3. The molecule has 1 aromatic carbocycles. The Morgan fingerprint density at radius 3 is 3.00 bits per heavy atom. The summed E-state index contributed by atoms with van der Waals surface area (Å²) >= 11 is 0. The third-order valence-electron chi connectivity index (χ3n) is 2.63. The Hall–Kier alpha value is -1.42. The molecule has 0 saturated carbocycles. The molecule has 4 heteroatoms. The summed E-state index contributed by atoms with van der Waals surface area (Å²) in [5.41, 5.74) is 3.58. The third kappa shape index (κ3) is 1.48. The molecule has 14 heavy (non-hydrogen) atoms. The van der Waals surface area contributed by atoms with Crippen LogP contribution in [-0.2, 0) is 13.0 Å². The predicted molar refractivity (Wildman–Crippen MR) is 53.2 cm³/mol. The molecule has 0 saturated heterocycles. The van der Waals surface area contributed by atoms with E-state index >= 15 is 0 Å². The summed E-state index contributed by atoms with van der Waals surface area (Å²) < 4.78 is 0. The van der Waals surface area contributed by atoms with Gasteiger partial charge in [-0.25, -0.2) is 0 Å². The summed E-state index contributed by atoms with van der Waals surface area (Å²) in [6.45, 7) is 3.65. The van der Waals surface area contributed by atoms with Gasteiger partial charge in [0, 0.05) is 18.7 Å². The lowest BCUT2D eigenvalue weighted by molar-refractivity contribution is -0.385. The van der Waals surface area contributed by atoms with E-state index in [2.05, 4.69) is 5.32 Å². The highest BCUT2D eigenvalue weighted by atomic mass is 16.6. The monoisotopic (exact) mass is 192 g/mol. The number of aryl methyl sites for hydroxylation is 1. The molecule has 0 spiro atoms. The molecule has 2 rings (SSSR count). The number of nitrogens with zero attached hydrogens (tertiary/aromatic N) is 1. The van der Waals surface area contributed by atoms with Crippen LogP contribution in [0.1, 0.15) is 16.7 Å². The average Bonchev–Trinajstić information content (AvgIpc) is 2.17. The Labute approximate surface area is 82.1 Å². The van der Waals surface area contributed by atoms with Crippen molar-refractivity contribution in [3.63, 3.8) is 0 Å². The molecule has 1 heterocycles. The molecule has 0 fully saturated rings. The Morgan fingerprint density at radius 1 is 1.50 bits per heavy atom. The van der Waals surface area contributed by atoms with Gasteiger partial charge >= 0.3 is 0 Å². The lowest BCUT2D eigenvalue weighted by Crippen LogP contribution is -2.24. The molecule has 0 radical (unpaired) electrons. The summed E-state index contributed by atoms with van der Waals surface area (Å²) in [5, 5.41) is 13.8. The van der Waals surface area contributed by atoms with Crippen molar-refractivity contribution in [3.8, 4) is 0 Å². The minimum absolute atomic E-state index is 0.199. The highest BCUT2D eigenvalue weighted by Crippen LogP contribution is 2.24. The van der Waals surface area contributed by atoms with Gasteiger partial charge in [0.05, 0.1) is 4.92 Å². The molecule has 0 aliphatic carbocycles. The topological polar surface area (TPSA) is 55.2 Å². The number of nitro groups is 1. The minimum Gasteiger partial charge on any atom is -0.312 e. The fourth-order valence-electron chi connectivity index (χ4n) is 1.93. The number of rotatable bonds is 1. The molecular formula is C10H12N2O2. The fraction of sp³-hybridized carbons (Fsp3) is 0.400. The first kappa shape index (κ1) is 9.15. The van der Waals surface area contributed by atoms with Gasteiger partial charge in [0.15, 0.2) is 0 Å². The second kappa shape index (κ2) is 3.38. The smallest absolute Gasteiger partial charge is 0.270 e. The molecule has 4 nitrogen and oxygen atoms in total. The van der Waals surface area contributed by atoms with Crippen molar-refractivity contribution in [3.05, 3.63) is 38.9 Å². The maximum atomic E-state index is 10.6. The first-order valence-corrected chi connectivity index (χ1v) is 4.66. The van der Waals surface area contributed by atoms with E-state index in [4.69, 9.17) is 0 Å². The van der Waals surface area contributed by atoms with Crippen LogP contribution in [0.2, 0.25) is 0 Å². The molecule has 1 aromatic rings. The van der Waals surface area contributed by atoms with Crippen LogP contribution in [0.4, 0.5) is 5.69 Å². The van der Waals surface area contributed by atoms with Gasteiger partial charge in [-0.1, -0.05) is 0 Å². The van der Waals surface area contributed by atoms with Gasteiger partial charge in [-0.05, 0) is 36.6 Å². The summed E-state index contributed by atoms with van der Waals surface area (Å²) in [7, 11) is 0. The number of benzene rings is 1. The second-order valence-electron chi connectivity index (χ2n) is 3.58.